The van der Waals surface area contributed by atoms with E-state index in [2.05, 4.69) is 11.2 Å². The Morgan fingerprint density at radius 3 is 2.85 bits per heavy atom. The molecular formula is C15H12N4O. The first-order chi connectivity index (χ1) is 9.65. The maximum absolute atomic E-state index is 11.3. The van der Waals surface area contributed by atoms with Crippen molar-refractivity contribution in [3.63, 3.8) is 0 Å². The third kappa shape index (κ3) is 1.62. The molecule has 0 aliphatic carbocycles. The molecule has 2 heterocycles. The second-order valence-electron chi connectivity index (χ2n) is 4.64. The maximum Gasteiger partial charge on any atom is 0.155 e. The van der Waals surface area contributed by atoms with Gasteiger partial charge in [0.2, 0.25) is 0 Å². The van der Waals surface area contributed by atoms with Crippen LogP contribution in [0.2, 0.25) is 0 Å². The Morgan fingerprint density at radius 2 is 2.15 bits per heavy atom. The summed E-state index contributed by atoms with van der Waals surface area (Å²) >= 11 is 0. The zero-order chi connectivity index (χ0) is 14.3. The van der Waals surface area contributed by atoms with E-state index in [1.54, 1.807) is 10.7 Å². The highest BCUT2D eigenvalue weighted by molar-refractivity contribution is 5.87. The Kier molecular flexibility index (Phi) is 2.65. The van der Waals surface area contributed by atoms with Crippen molar-refractivity contribution in [3.8, 4) is 11.9 Å². The van der Waals surface area contributed by atoms with Gasteiger partial charge in [0.15, 0.2) is 6.29 Å². The number of aryl methyl sites for hydroxylation is 2. The number of hydrogen-bond acceptors (Lipinski definition) is 3. The Labute approximate surface area is 115 Å². The van der Waals surface area contributed by atoms with Crippen LogP contribution in [-0.4, -0.2) is 20.6 Å². The summed E-state index contributed by atoms with van der Waals surface area (Å²) in [5.74, 6) is 0.734. The number of benzene rings is 1. The van der Waals surface area contributed by atoms with E-state index in [1.165, 1.54) is 0 Å². The van der Waals surface area contributed by atoms with Gasteiger partial charge < -0.3 is 4.57 Å². The predicted molar refractivity (Wildman–Crippen MR) is 74.9 cm³/mol. The lowest BCUT2D eigenvalue weighted by Gasteiger charge is -2.07. The van der Waals surface area contributed by atoms with Crippen LogP contribution in [-0.2, 0) is 7.05 Å². The number of aldehydes is 1. The van der Waals surface area contributed by atoms with Crippen molar-refractivity contribution < 1.29 is 4.79 Å². The van der Waals surface area contributed by atoms with E-state index in [-0.39, 0.29) is 0 Å². The second-order valence-corrected chi connectivity index (χ2v) is 4.64. The highest BCUT2D eigenvalue weighted by Gasteiger charge is 2.15. The van der Waals surface area contributed by atoms with Crippen LogP contribution in [0, 0.1) is 18.3 Å². The van der Waals surface area contributed by atoms with Crippen molar-refractivity contribution in [3.05, 3.63) is 47.3 Å². The van der Waals surface area contributed by atoms with E-state index < -0.39 is 0 Å². The Hall–Kier alpha value is -2.87. The smallest absolute Gasteiger partial charge is 0.155 e. The molecule has 3 rings (SSSR count). The van der Waals surface area contributed by atoms with Crippen molar-refractivity contribution in [2.75, 3.05) is 0 Å². The van der Waals surface area contributed by atoms with Crippen molar-refractivity contribution in [2.24, 2.45) is 7.05 Å². The molecule has 2 aromatic heterocycles. The maximum atomic E-state index is 11.3. The van der Waals surface area contributed by atoms with Crippen LogP contribution in [0.25, 0.3) is 16.7 Å². The lowest BCUT2D eigenvalue weighted by atomic mass is 10.2. The molecule has 5 nitrogen and oxygen atoms in total. The molecule has 0 atom stereocenters. The normalized spacial score (nSPS) is 10.7. The third-order valence-electron chi connectivity index (χ3n) is 3.40. The lowest BCUT2D eigenvalue weighted by molar-refractivity contribution is 0.112. The number of nitriles is 1. The van der Waals surface area contributed by atoms with Gasteiger partial charge in [-0.3, -0.25) is 9.48 Å². The average molecular weight is 264 g/mol. The van der Waals surface area contributed by atoms with Gasteiger partial charge in [0.1, 0.15) is 5.82 Å². The molecule has 20 heavy (non-hydrogen) atoms. The van der Waals surface area contributed by atoms with Crippen molar-refractivity contribution in [2.45, 2.75) is 6.92 Å². The lowest BCUT2D eigenvalue weighted by Crippen LogP contribution is -2.03. The third-order valence-corrected chi connectivity index (χ3v) is 3.40. The number of aromatic nitrogens is 3. The number of carbonyl (C=O) groups is 1. The van der Waals surface area contributed by atoms with Gasteiger partial charge in [-0.05, 0) is 31.2 Å². The van der Waals surface area contributed by atoms with Crippen molar-refractivity contribution >= 4 is 17.2 Å². The summed E-state index contributed by atoms with van der Waals surface area (Å²) in [5.41, 5.74) is 2.84. The molecule has 0 N–H and O–H groups in total. The molecule has 0 spiro atoms. The molecule has 0 unspecified atom stereocenters. The molecule has 0 fully saturated rings. The van der Waals surface area contributed by atoms with Crippen LogP contribution in [0.3, 0.4) is 0 Å². The summed E-state index contributed by atoms with van der Waals surface area (Å²) < 4.78 is 3.61. The number of nitrogens with zero attached hydrogens (tertiary/aromatic N) is 4. The van der Waals surface area contributed by atoms with E-state index in [0.717, 1.165) is 23.0 Å². The first-order valence-electron chi connectivity index (χ1n) is 6.16. The first kappa shape index (κ1) is 12.2. The molecule has 0 radical (unpaired) electrons. The van der Waals surface area contributed by atoms with Gasteiger partial charge >= 0.3 is 0 Å². The molecule has 0 aliphatic heterocycles. The molecule has 0 amide bonds. The molecular weight excluding hydrogens is 252 g/mol. The standard InChI is InChI=1S/C15H12N4O/c1-10-13(9-20)15(18(2)17-10)19-6-5-12-7-11(8-16)3-4-14(12)19/h3-7,9H,1-2H3. The minimum absolute atomic E-state index is 0.578. The van der Waals surface area contributed by atoms with Crippen molar-refractivity contribution in [1.82, 2.24) is 14.3 Å². The van der Waals surface area contributed by atoms with Gasteiger partial charge in [0.05, 0.1) is 28.4 Å². The van der Waals surface area contributed by atoms with Gasteiger partial charge in [-0.1, -0.05) is 0 Å². The molecule has 1 aromatic carbocycles. The SMILES string of the molecule is Cc1nn(C)c(-n2ccc3cc(C#N)ccc32)c1C=O. The van der Waals surface area contributed by atoms with Gasteiger partial charge in [-0.15, -0.1) is 0 Å². The summed E-state index contributed by atoms with van der Waals surface area (Å²) in [7, 11) is 1.81. The van der Waals surface area contributed by atoms with E-state index in [4.69, 9.17) is 5.26 Å². The molecule has 98 valence electrons. The minimum atomic E-state index is 0.578. The Bertz CT molecular complexity index is 864. The zero-order valence-electron chi connectivity index (χ0n) is 11.2. The monoisotopic (exact) mass is 264 g/mol. The Morgan fingerprint density at radius 1 is 1.35 bits per heavy atom. The summed E-state index contributed by atoms with van der Waals surface area (Å²) in [4.78, 5) is 11.3. The van der Waals surface area contributed by atoms with Crippen LogP contribution in [0.15, 0.2) is 30.5 Å². The summed E-state index contributed by atoms with van der Waals surface area (Å²) in [6.07, 6.45) is 2.71. The molecule has 0 bridgehead atoms. The molecule has 0 saturated carbocycles. The van der Waals surface area contributed by atoms with Crippen LogP contribution in [0.5, 0.6) is 0 Å². The summed E-state index contributed by atoms with van der Waals surface area (Å²) in [6.45, 7) is 1.81. The van der Waals surface area contributed by atoms with E-state index >= 15 is 0 Å². The van der Waals surface area contributed by atoms with Gasteiger partial charge in [0.25, 0.3) is 0 Å². The zero-order valence-corrected chi connectivity index (χ0v) is 11.2. The van der Waals surface area contributed by atoms with Gasteiger partial charge in [0, 0.05) is 18.6 Å². The summed E-state index contributed by atoms with van der Waals surface area (Å²) in [5, 5.41) is 14.2. The fraction of sp³-hybridized carbons (Fsp3) is 0.133. The number of fused-ring (bicyclic) bond motifs is 1. The highest BCUT2D eigenvalue weighted by Crippen LogP contribution is 2.24. The second kappa shape index (κ2) is 4.35. The molecule has 0 saturated heterocycles. The quantitative estimate of drug-likeness (QED) is 0.667. The van der Waals surface area contributed by atoms with Crippen LogP contribution < -0.4 is 0 Å². The van der Waals surface area contributed by atoms with E-state index in [1.807, 2.05) is 42.9 Å². The molecule has 5 heteroatoms. The van der Waals surface area contributed by atoms with Gasteiger partial charge in [-0.2, -0.15) is 10.4 Å². The number of carbonyl (C=O) groups excluding carboxylic acids is 1. The van der Waals surface area contributed by atoms with Crippen LogP contribution in [0.1, 0.15) is 21.6 Å². The molecule has 3 aromatic rings. The Balaban J connectivity index is 2.31. The average Bonchev–Trinajstić information content (AvgIpc) is 2.97. The van der Waals surface area contributed by atoms with E-state index in [9.17, 15) is 4.79 Å². The van der Waals surface area contributed by atoms with Crippen LogP contribution in [0.4, 0.5) is 0 Å². The van der Waals surface area contributed by atoms with Gasteiger partial charge in [-0.25, -0.2) is 0 Å². The highest BCUT2D eigenvalue weighted by atomic mass is 16.1. The fourth-order valence-corrected chi connectivity index (χ4v) is 2.48. The van der Waals surface area contributed by atoms with Crippen molar-refractivity contribution in [1.29, 1.82) is 5.26 Å². The topological polar surface area (TPSA) is 63.6 Å². The van der Waals surface area contributed by atoms with E-state index in [0.29, 0.717) is 16.8 Å². The van der Waals surface area contributed by atoms with Crippen LogP contribution >= 0.6 is 0 Å². The number of rotatable bonds is 2. The minimum Gasteiger partial charge on any atom is -0.301 e. The predicted octanol–water partition coefficient (Wildman–Crippen LogP) is 2.36. The molecule has 0 aliphatic rings. The fourth-order valence-electron chi connectivity index (χ4n) is 2.48. The number of hydrogen-bond donors (Lipinski definition) is 0. The largest absolute Gasteiger partial charge is 0.301 e. The first-order valence-corrected chi connectivity index (χ1v) is 6.16. The summed E-state index contributed by atoms with van der Waals surface area (Å²) in [6, 6.07) is 9.52.